The highest BCUT2D eigenvalue weighted by molar-refractivity contribution is 5.95. The normalized spacial score (nSPS) is 14.9. The number of piperazine rings is 1. The minimum absolute atomic E-state index is 0.0763. The highest BCUT2D eigenvalue weighted by Crippen LogP contribution is 2.28. The lowest BCUT2D eigenvalue weighted by Crippen LogP contribution is -2.52. The van der Waals surface area contributed by atoms with Gasteiger partial charge in [-0.15, -0.1) is 0 Å². The molecule has 0 aliphatic carbocycles. The highest BCUT2D eigenvalue weighted by atomic mass is 19.3. The molecule has 37 heavy (non-hydrogen) atoms. The van der Waals surface area contributed by atoms with Crippen LogP contribution in [0.2, 0.25) is 0 Å². The number of amides is 2. The molecule has 0 unspecified atom stereocenters. The average Bonchev–Trinajstić information content (AvgIpc) is 2.91. The second-order valence-corrected chi connectivity index (χ2v) is 8.46. The Morgan fingerprint density at radius 3 is 2.11 bits per heavy atom. The summed E-state index contributed by atoms with van der Waals surface area (Å²) in [6.45, 7) is -2.33. The zero-order chi connectivity index (χ0) is 26.4. The maximum Gasteiger partial charge on any atom is 0.387 e. The largest absolute Gasteiger partial charge is 0.432 e. The van der Waals surface area contributed by atoms with E-state index in [0.717, 1.165) is 11.1 Å². The molecule has 3 aromatic rings. The monoisotopic (exact) mass is 515 g/mol. The van der Waals surface area contributed by atoms with Crippen molar-refractivity contribution < 1.29 is 31.9 Å². The fourth-order valence-electron chi connectivity index (χ4n) is 4.30. The molecule has 194 valence electrons. The molecule has 1 saturated heterocycles. The maximum atomic E-state index is 14.6. The van der Waals surface area contributed by atoms with E-state index in [1.165, 1.54) is 4.90 Å². The lowest BCUT2D eigenvalue weighted by molar-refractivity contribution is -0.127. The SMILES string of the molecule is O=C(NCc1ccccc1)[C@H](c1ccccc1)N1CCN(C(=O)c2c(F)ccc(OC(F)F)c2F)CC1. The standard InChI is InChI=1S/C27H25F4N3O3/c28-20-11-12-21(37-27(30)31)23(29)22(20)26(36)34-15-13-33(14-16-34)24(19-9-5-2-6-10-19)25(35)32-17-18-7-3-1-4-8-18/h1-12,24,27H,13-17H2,(H,32,35)/t24-/m0/s1. The molecule has 0 bridgehead atoms. The minimum atomic E-state index is -3.32. The van der Waals surface area contributed by atoms with E-state index in [-0.39, 0.29) is 32.1 Å². The van der Waals surface area contributed by atoms with Crippen molar-refractivity contribution in [1.29, 1.82) is 0 Å². The first-order valence-corrected chi connectivity index (χ1v) is 11.7. The zero-order valence-corrected chi connectivity index (χ0v) is 19.7. The van der Waals surface area contributed by atoms with Crippen molar-refractivity contribution in [1.82, 2.24) is 15.1 Å². The molecule has 2 amide bonds. The van der Waals surface area contributed by atoms with Crippen molar-refractivity contribution in [3.8, 4) is 5.75 Å². The molecule has 1 atom stereocenters. The van der Waals surface area contributed by atoms with Crippen LogP contribution in [0.15, 0.2) is 72.8 Å². The summed E-state index contributed by atoms with van der Waals surface area (Å²) < 4.78 is 58.1. The first-order valence-electron chi connectivity index (χ1n) is 11.7. The number of nitrogens with zero attached hydrogens (tertiary/aromatic N) is 2. The van der Waals surface area contributed by atoms with Crippen LogP contribution in [-0.2, 0) is 11.3 Å². The Hall–Kier alpha value is -3.92. The van der Waals surface area contributed by atoms with Crippen molar-refractivity contribution in [2.75, 3.05) is 26.2 Å². The number of carbonyl (C=O) groups is 2. The number of carbonyl (C=O) groups excluding carboxylic acids is 2. The Morgan fingerprint density at radius 1 is 0.865 bits per heavy atom. The lowest BCUT2D eigenvalue weighted by Gasteiger charge is -2.39. The van der Waals surface area contributed by atoms with Crippen LogP contribution in [0.1, 0.15) is 27.5 Å². The smallest absolute Gasteiger partial charge is 0.387 e. The summed E-state index contributed by atoms with van der Waals surface area (Å²) in [4.78, 5) is 29.3. The Morgan fingerprint density at radius 2 is 1.49 bits per heavy atom. The van der Waals surface area contributed by atoms with Crippen LogP contribution in [0.25, 0.3) is 0 Å². The van der Waals surface area contributed by atoms with Gasteiger partial charge < -0.3 is 15.0 Å². The zero-order valence-electron chi connectivity index (χ0n) is 19.7. The fraction of sp³-hybridized carbons (Fsp3) is 0.259. The van der Waals surface area contributed by atoms with Gasteiger partial charge in [-0.3, -0.25) is 14.5 Å². The molecule has 3 aromatic carbocycles. The number of hydrogen-bond donors (Lipinski definition) is 1. The maximum absolute atomic E-state index is 14.6. The van der Waals surface area contributed by atoms with E-state index in [1.54, 1.807) is 0 Å². The molecule has 1 aliphatic rings. The Bertz CT molecular complexity index is 1220. The Balaban J connectivity index is 1.47. The van der Waals surface area contributed by atoms with Crippen LogP contribution < -0.4 is 10.1 Å². The van der Waals surface area contributed by atoms with E-state index in [1.807, 2.05) is 65.6 Å². The van der Waals surface area contributed by atoms with Crippen molar-refractivity contribution in [3.63, 3.8) is 0 Å². The first kappa shape index (κ1) is 26.2. The number of benzene rings is 3. The molecule has 0 saturated carbocycles. The van der Waals surface area contributed by atoms with Crippen LogP contribution in [-0.4, -0.2) is 54.4 Å². The third-order valence-corrected chi connectivity index (χ3v) is 6.13. The first-order chi connectivity index (χ1) is 17.8. The quantitative estimate of drug-likeness (QED) is 0.453. The van der Waals surface area contributed by atoms with E-state index in [2.05, 4.69) is 10.1 Å². The Labute approximate surface area is 211 Å². The van der Waals surface area contributed by atoms with E-state index in [9.17, 15) is 27.2 Å². The molecule has 1 aliphatic heterocycles. The second kappa shape index (κ2) is 11.9. The molecule has 1 fully saturated rings. The summed E-state index contributed by atoms with van der Waals surface area (Å²) in [6, 6.07) is 19.4. The van der Waals surface area contributed by atoms with Gasteiger partial charge in [-0.25, -0.2) is 8.78 Å². The number of halogens is 4. The number of alkyl halides is 2. The van der Waals surface area contributed by atoms with Gasteiger partial charge in [-0.05, 0) is 23.3 Å². The van der Waals surface area contributed by atoms with Gasteiger partial charge in [-0.1, -0.05) is 60.7 Å². The highest BCUT2D eigenvalue weighted by Gasteiger charge is 2.34. The molecular formula is C27H25F4N3O3. The topological polar surface area (TPSA) is 61.9 Å². The van der Waals surface area contributed by atoms with E-state index in [0.29, 0.717) is 18.7 Å². The molecule has 4 rings (SSSR count). The third kappa shape index (κ3) is 6.26. The van der Waals surface area contributed by atoms with Gasteiger partial charge in [0.1, 0.15) is 17.4 Å². The molecule has 10 heteroatoms. The van der Waals surface area contributed by atoms with Crippen molar-refractivity contribution >= 4 is 11.8 Å². The molecule has 1 N–H and O–H groups in total. The molecule has 0 spiro atoms. The van der Waals surface area contributed by atoms with E-state index >= 15 is 0 Å². The van der Waals surface area contributed by atoms with Gasteiger partial charge in [0.15, 0.2) is 11.6 Å². The van der Waals surface area contributed by atoms with Crippen LogP contribution in [0, 0.1) is 11.6 Å². The molecule has 1 heterocycles. The molecule has 0 aromatic heterocycles. The number of nitrogens with one attached hydrogen (secondary N) is 1. The number of rotatable bonds is 8. The van der Waals surface area contributed by atoms with Crippen molar-refractivity contribution in [2.45, 2.75) is 19.2 Å². The predicted octanol–water partition coefficient (Wildman–Crippen LogP) is 4.38. The lowest BCUT2D eigenvalue weighted by atomic mass is 10.0. The van der Waals surface area contributed by atoms with Crippen LogP contribution >= 0.6 is 0 Å². The minimum Gasteiger partial charge on any atom is -0.432 e. The second-order valence-electron chi connectivity index (χ2n) is 8.46. The van der Waals surface area contributed by atoms with Gasteiger partial charge in [0, 0.05) is 32.7 Å². The molecular weight excluding hydrogens is 490 g/mol. The molecule has 6 nitrogen and oxygen atoms in total. The van der Waals surface area contributed by atoms with Crippen LogP contribution in [0.3, 0.4) is 0 Å². The molecule has 0 radical (unpaired) electrons. The van der Waals surface area contributed by atoms with Crippen molar-refractivity contribution in [3.05, 3.63) is 101 Å². The third-order valence-electron chi connectivity index (χ3n) is 6.13. The average molecular weight is 516 g/mol. The summed E-state index contributed by atoms with van der Waals surface area (Å²) in [6.07, 6.45) is 0. The number of hydrogen-bond acceptors (Lipinski definition) is 4. The summed E-state index contributed by atoms with van der Waals surface area (Å²) in [5.41, 5.74) is 0.758. The fourth-order valence-corrected chi connectivity index (χ4v) is 4.30. The summed E-state index contributed by atoms with van der Waals surface area (Å²) in [5.74, 6) is -4.75. The van der Waals surface area contributed by atoms with Gasteiger partial charge in [0.05, 0.1) is 0 Å². The van der Waals surface area contributed by atoms with E-state index in [4.69, 9.17) is 0 Å². The predicted molar refractivity (Wildman–Crippen MR) is 128 cm³/mol. The van der Waals surface area contributed by atoms with Gasteiger partial charge >= 0.3 is 6.61 Å². The van der Waals surface area contributed by atoms with E-state index < -0.39 is 41.5 Å². The summed E-state index contributed by atoms with van der Waals surface area (Å²) in [7, 11) is 0. The summed E-state index contributed by atoms with van der Waals surface area (Å²) >= 11 is 0. The van der Waals surface area contributed by atoms with Gasteiger partial charge in [0.2, 0.25) is 5.91 Å². The van der Waals surface area contributed by atoms with Crippen molar-refractivity contribution in [2.24, 2.45) is 0 Å². The van der Waals surface area contributed by atoms with Gasteiger partial charge in [-0.2, -0.15) is 8.78 Å². The Kier molecular flexibility index (Phi) is 8.39. The van der Waals surface area contributed by atoms with Gasteiger partial charge in [0.25, 0.3) is 5.91 Å². The van der Waals surface area contributed by atoms with Crippen LogP contribution in [0.5, 0.6) is 5.75 Å². The number of ether oxygens (including phenoxy) is 1. The summed E-state index contributed by atoms with van der Waals surface area (Å²) in [5, 5.41) is 2.96. The van der Waals surface area contributed by atoms with Crippen LogP contribution in [0.4, 0.5) is 17.6 Å².